The van der Waals surface area contributed by atoms with Crippen LogP contribution < -0.4 is 10.1 Å². The van der Waals surface area contributed by atoms with Gasteiger partial charge >= 0.3 is 0 Å². The Balaban J connectivity index is 2.01. The third-order valence-electron chi connectivity index (χ3n) is 3.77. The van der Waals surface area contributed by atoms with Gasteiger partial charge in [-0.25, -0.2) is 9.97 Å². The molecule has 3 aromatic rings. The van der Waals surface area contributed by atoms with E-state index < -0.39 is 0 Å². The van der Waals surface area contributed by atoms with E-state index >= 15 is 0 Å². The topological polar surface area (TPSA) is 90.2 Å². The monoisotopic (exact) mass is 324 g/mol. The van der Waals surface area contributed by atoms with Crippen molar-refractivity contribution in [1.82, 2.24) is 9.97 Å². The first-order chi connectivity index (χ1) is 11.6. The molecule has 1 heterocycles. The maximum Gasteiger partial charge on any atom is 0.274 e. The summed E-state index contributed by atoms with van der Waals surface area (Å²) in [7, 11) is 1.59. The van der Waals surface area contributed by atoms with E-state index in [4.69, 9.17) is 4.74 Å². The van der Waals surface area contributed by atoms with Crippen LogP contribution >= 0.6 is 0 Å². The van der Waals surface area contributed by atoms with Crippen LogP contribution in [-0.2, 0) is 6.42 Å². The number of benzene rings is 2. The van der Waals surface area contributed by atoms with E-state index in [0.717, 1.165) is 10.9 Å². The highest BCUT2D eigenvalue weighted by Gasteiger charge is 2.14. The Kier molecular flexibility index (Phi) is 4.24. The summed E-state index contributed by atoms with van der Waals surface area (Å²) in [5, 5.41) is 15.1. The van der Waals surface area contributed by atoms with Crippen LogP contribution in [0.4, 0.5) is 17.2 Å². The van der Waals surface area contributed by atoms with E-state index in [1.54, 1.807) is 13.2 Å². The van der Waals surface area contributed by atoms with Crippen LogP contribution in [0.1, 0.15) is 12.5 Å². The zero-order valence-corrected chi connectivity index (χ0v) is 13.3. The number of nitrogens with one attached hydrogen (secondary N) is 1. The number of rotatable bonds is 5. The third kappa shape index (κ3) is 2.96. The van der Waals surface area contributed by atoms with Gasteiger partial charge in [-0.05, 0) is 24.6 Å². The molecule has 122 valence electrons. The highest BCUT2D eigenvalue weighted by atomic mass is 16.6. The first-order valence-electron chi connectivity index (χ1n) is 7.45. The van der Waals surface area contributed by atoms with E-state index in [1.165, 1.54) is 12.4 Å². The summed E-state index contributed by atoms with van der Waals surface area (Å²) in [6, 6.07) is 10.6. The van der Waals surface area contributed by atoms with Gasteiger partial charge in [-0.15, -0.1) is 0 Å². The molecule has 7 heteroatoms. The number of anilines is 2. The van der Waals surface area contributed by atoms with E-state index in [1.807, 2.05) is 31.2 Å². The largest absolute Gasteiger partial charge is 0.497 e. The van der Waals surface area contributed by atoms with Crippen molar-refractivity contribution in [2.75, 3.05) is 12.4 Å². The van der Waals surface area contributed by atoms with Gasteiger partial charge in [0.05, 0.1) is 17.5 Å². The molecule has 7 nitrogen and oxygen atoms in total. The zero-order valence-electron chi connectivity index (χ0n) is 13.3. The van der Waals surface area contributed by atoms with Gasteiger partial charge in [0.2, 0.25) is 0 Å². The number of aryl methyl sites for hydroxylation is 1. The van der Waals surface area contributed by atoms with E-state index in [9.17, 15) is 10.1 Å². The minimum Gasteiger partial charge on any atom is -0.497 e. The number of hydrogen-bond donors (Lipinski definition) is 1. The Hall–Kier alpha value is -3.22. The molecule has 0 amide bonds. The summed E-state index contributed by atoms with van der Waals surface area (Å²) in [5.41, 5.74) is 2.13. The minimum atomic E-state index is -0.368. The average molecular weight is 324 g/mol. The Labute approximate surface area is 138 Å². The Morgan fingerprint density at radius 1 is 1.21 bits per heavy atom. The molecule has 0 aliphatic rings. The van der Waals surface area contributed by atoms with Crippen LogP contribution in [0, 0.1) is 10.1 Å². The summed E-state index contributed by atoms with van der Waals surface area (Å²) in [4.78, 5) is 19.3. The van der Waals surface area contributed by atoms with Crippen LogP contribution in [0.25, 0.3) is 10.9 Å². The number of nitro benzene ring substituents is 1. The van der Waals surface area contributed by atoms with Crippen molar-refractivity contribution in [3.63, 3.8) is 0 Å². The van der Waals surface area contributed by atoms with E-state index in [2.05, 4.69) is 15.3 Å². The fourth-order valence-corrected chi connectivity index (χ4v) is 2.51. The molecular weight excluding hydrogens is 308 g/mol. The molecule has 0 spiro atoms. The first-order valence-corrected chi connectivity index (χ1v) is 7.45. The Morgan fingerprint density at radius 3 is 2.75 bits per heavy atom. The van der Waals surface area contributed by atoms with E-state index in [0.29, 0.717) is 29.2 Å². The fraction of sp³-hybridized carbons (Fsp3) is 0.176. The molecule has 0 atom stereocenters. The molecule has 0 saturated carbocycles. The molecule has 24 heavy (non-hydrogen) atoms. The summed E-state index contributed by atoms with van der Waals surface area (Å²) in [6.07, 6.45) is 2.05. The van der Waals surface area contributed by atoms with Crippen LogP contribution in [0.3, 0.4) is 0 Å². The summed E-state index contributed by atoms with van der Waals surface area (Å²) < 4.78 is 5.19. The predicted molar refractivity (Wildman–Crippen MR) is 91.8 cm³/mol. The SMILES string of the molecule is CCc1ccc(Nc2ncnc3cc(OC)ccc23)cc1[N+](=O)[O-]. The quantitative estimate of drug-likeness (QED) is 0.566. The first kappa shape index (κ1) is 15.7. The van der Waals surface area contributed by atoms with Gasteiger partial charge < -0.3 is 10.1 Å². The number of aromatic nitrogens is 2. The molecule has 3 rings (SSSR count). The molecule has 1 aromatic heterocycles. The smallest absolute Gasteiger partial charge is 0.274 e. The lowest BCUT2D eigenvalue weighted by Gasteiger charge is -2.10. The predicted octanol–water partition coefficient (Wildman–Crippen LogP) is 3.85. The molecule has 0 saturated heterocycles. The van der Waals surface area contributed by atoms with Crippen molar-refractivity contribution >= 4 is 28.1 Å². The lowest BCUT2D eigenvalue weighted by molar-refractivity contribution is -0.385. The van der Waals surface area contributed by atoms with Crippen LogP contribution in [0.5, 0.6) is 5.75 Å². The van der Waals surface area contributed by atoms with Gasteiger partial charge in [0.1, 0.15) is 17.9 Å². The third-order valence-corrected chi connectivity index (χ3v) is 3.77. The minimum absolute atomic E-state index is 0.0996. The number of hydrogen-bond acceptors (Lipinski definition) is 6. The number of methoxy groups -OCH3 is 1. The van der Waals surface area contributed by atoms with E-state index in [-0.39, 0.29) is 10.6 Å². The van der Waals surface area contributed by atoms with Gasteiger partial charge in [-0.1, -0.05) is 13.0 Å². The molecule has 0 aliphatic carbocycles. The van der Waals surface area contributed by atoms with Crippen molar-refractivity contribution in [2.24, 2.45) is 0 Å². The average Bonchev–Trinajstić information content (AvgIpc) is 2.61. The molecule has 0 unspecified atom stereocenters. The second-order valence-corrected chi connectivity index (χ2v) is 5.18. The van der Waals surface area contributed by atoms with Gasteiger partial charge in [-0.2, -0.15) is 0 Å². The maximum atomic E-state index is 11.2. The lowest BCUT2D eigenvalue weighted by atomic mass is 10.1. The van der Waals surface area contributed by atoms with Crippen molar-refractivity contribution < 1.29 is 9.66 Å². The van der Waals surface area contributed by atoms with Crippen LogP contribution in [0.2, 0.25) is 0 Å². The van der Waals surface area contributed by atoms with Crippen molar-refractivity contribution in [2.45, 2.75) is 13.3 Å². The number of ether oxygens (including phenoxy) is 1. The zero-order chi connectivity index (χ0) is 17.1. The molecule has 0 bridgehead atoms. The normalized spacial score (nSPS) is 10.6. The van der Waals surface area contributed by atoms with Crippen LogP contribution in [-0.4, -0.2) is 22.0 Å². The highest BCUT2D eigenvalue weighted by Crippen LogP contribution is 2.29. The summed E-state index contributed by atoms with van der Waals surface area (Å²) in [6.45, 7) is 1.89. The maximum absolute atomic E-state index is 11.2. The Morgan fingerprint density at radius 2 is 2.04 bits per heavy atom. The van der Waals surface area contributed by atoms with Crippen LogP contribution in [0.15, 0.2) is 42.7 Å². The lowest BCUT2D eigenvalue weighted by Crippen LogP contribution is -1.99. The number of nitrogens with zero attached hydrogens (tertiary/aromatic N) is 3. The second kappa shape index (κ2) is 6.49. The highest BCUT2D eigenvalue weighted by molar-refractivity contribution is 5.91. The molecule has 0 fully saturated rings. The van der Waals surface area contributed by atoms with Gasteiger partial charge in [0, 0.05) is 28.8 Å². The second-order valence-electron chi connectivity index (χ2n) is 5.18. The van der Waals surface area contributed by atoms with Crippen molar-refractivity contribution in [3.8, 4) is 5.75 Å². The van der Waals surface area contributed by atoms with Gasteiger partial charge in [0.15, 0.2) is 0 Å². The number of fused-ring (bicyclic) bond motifs is 1. The summed E-state index contributed by atoms with van der Waals surface area (Å²) >= 11 is 0. The van der Waals surface area contributed by atoms with Gasteiger partial charge in [0.25, 0.3) is 5.69 Å². The Bertz CT molecular complexity index is 911. The standard InChI is InChI=1S/C17H16N4O3/c1-3-11-4-5-12(8-16(11)21(22)23)20-17-14-7-6-13(24-2)9-15(14)18-10-19-17/h4-10H,3H2,1-2H3,(H,18,19,20). The fourth-order valence-electron chi connectivity index (χ4n) is 2.51. The molecule has 1 N–H and O–H groups in total. The molecule has 2 aromatic carbocycles. The molecular formula is C17H16N4O3. The molecule has 0 aliphatic heterocycles. The molecule has 0 radical (unpaired) electrons. The number of nitro groups is 1. The van der Waals surface area contributed by atoms with Gasteiger partial charge in [-0.3, -0.25) is 10.1 Å². The summed E-state index contributed by atoms with van der Waals surface area (Å²) in [5.74, 6) is 1.29. The van der Waals surface area contributed by atoms with Crippen molar-refractivity contribution in [1.29, 1.82) is 0 Å². The van der Waals surface area contributed by atoms with Crippen molar-refractivity contribution in [3.05, 3.63) is 58.4 Å².